The average molecular weight is 270 g/mol. The Morgan fingerprint density at radius 1 is 1.33 bits per heavy atom. The maximum absolute atomic E-state index is 11.5. The molecule has 5 heteroatoms. The third kappa shape index (κ3) is 3.77. The molecule has 1 rings (SSSR count). The van der Waals surface area contributed by atoms with Gasteiger partial charge in [0.1, 0.15) is 5.60 Å². The number of carbonyl (C=O) groups is 1. The van der Waals surface area contributed by atoms with Crippen LogP contribution in [0.5, 0.6) is 0 Å². The van der Waals surface area contributed by atoms with Crippen LogP contribution in [0.3, 0.4) is 0 Å². The summed E-state index contributed by atoms with van der Waals surface area (Å²) in [6, 6.07) is 9.27. The van der Waals surface area contributed by atoms with Crippen molar-refractivity contribution < 1.29 is 18.6 Å². The summed E-state index contributed by atoms with van der Waals surface area (Å²) in [6.07, 6.45) is 1.48. The number of hydrogen-bond acceptors (Lipinski definition) is 4. The van der Waals surface area contributed by atoms with Crippen molar-refractivity contribution in [1.29, 1.82) is 0 Å². The van der Waals surface area contributed by atoms with Crippen LogP contribution in [0.25, 0.3) is 0 Å². The van der Waals surface area contributed by atoms with Crippen LogP contribution in [0.4, 0.5) is 0 Å². The molecule has 0 aliphatic rings. The predicted octanol–water partition coefficient (Wildman–Crippen LogP) is 2.63. The number of hydrogen-bond donors (Lipinski definition) is 0. The summed E-state index contributed by atoms with van der Waals surface area (Å²) in [5, 5.41) is 0. The van der Waals surface area contributed by atoms with Crippen LogP contribution >= 0.6 is 8.03 Å². The van der Waals surface area contributed by atoms with Gasteiger partial charge in [-0.25, -0.2) is 0 Å². The first kappa shape index (κ1) is 15.1. The Morgan fingerprint density at radius 3 is 2.50 bits per heavy atom. The second-order valence-corrected chi connectivity index (χ2v) is 5.53. The first-order chi connectivity index (χ1) is 8.68. The number of ether oxygens (including phenoxy) is 1. The topological polar surface area (TPSA) is 52.6 Å². The van der Waals surface area contributed by atoms with Gasteiger partial charge in [-0.1, -0.05) is 30.3 Å². The molecule has 0 radical (unpaired) electrons. The smallest absolute Gasteiger partial charge is 0.191 e. The van der Waals surface area contributed by atoms with Gasteiger partial charge in [-0.05, 0) is 18.9 Å². The van der Waals surface area contributed by atoms with Gasteiger partial charge in [0.15, 0.2) is 14.3 Å². The average Bonchev–Trinajstić information content (AvgIpc) is 2.44. The van der Waals surface area contributed by atoms with Crippen LogP contribution in [-0.2, 0) is 24.2 Å². The molecule has 18 heavy (non-hydrogen) atoms. The van der Waals surface area contributed by atoms with Gasteiger partial charge >= 0.3 is 0 Å². The summed E-state index contributed by atoms with van der Waals surface area (Å²) in [5.41, 5.74) is -0.234. The first-order valence-electron chi connectivity index (χ1n) is 5.91. The fourth-order valence-electron chi connectivity index (χ4n) is 1.83. The molecular weight excluding hydrogens is 251 g/mol. The molecule has 0 saturated heterocycles. The number of carbonyl (C=O) groups excluding carboxylic acids is 1. The third-order valence-corrected chi connectivity index (χ3v) is 3.90. The van der Waals surface area contributed by atoms with E-state index >= 15 is 0 Å². The Kier molecular flexibility index (Phi) is 6.27. The molecule has 0 spiro atoms. The highest BCUT2D eigenvalue weighted by atomic mass is 31.1. The van der Waals surface area contributed by atoms with E-state index in [9.17, 15) is 9.36 Å². The monoisotopic (exact) mass is 270 g/mol. The van der Waals surface area contributed by atoms with Crippen molar-refractivity contribution in [1.82, 2.24) is 0 Å². The summed E-state index contributed by atoms with van der Waals surface area (Å²) in [6.45, 7) is 2.25. The molecule has 0 amide bonds. The highest BCUT2D eigenvalue weighted by Gasteiger charge is 2.32. The van der Waals surface area contributed by atoms with Gasteiger partial charge in [-0.3, -0.25) is 9.36 Å². The molecule has 100 valence electrons. The zero-order valence-corrected chi connectivity index (χ0v) is 11.7. The first-order valence-corrected chi connectivity index (χ1v) is 7.43. The molecule has 0 aliphatic heterocycles. The Bertz CT molecular complexity index is 393. The highest BCUT2D eigenvalue weighted by molar-refractivity contribution is 7.39. The van der Waals surface area contributed by atoms with Gasteiger partial charge in [-0.2, -0.15) is 0 Å². The minimum Gasteiger partial charge on any atom is -0.363 e. The highest BCUT2D eigenvalue weighted by Crippen LogP contribution is 2.32. The molecule has 2 atom stereocenters. The van der Waals surface area contributed by atoms with E-state index in [-0.39, 0.29) is 0 Å². The van der Waals surface area contributed by atoms with E-state index in [2.05, 4.69) is 0 Å². The summed E-state index contributed by atoms with van der Waals surface area (Å²) in [7, 11) is -0.676. The minimum absolute atomic E-state index is 0.328. The van der Waals surface area contributed by atoms with Crippen molar-refractivity contribution in [2.45, 2.75) is 18.9 Å². The summed E-state index contributed by atoms with van der Waals surface area (Å²) < 4.78 is 21.8. The molecule has 0 N–H and O–H groups in total. The third-order valence-electron chi connectivity index (χ3n) is 2.78. The van der Waals surface area contributed by atoms with Gasteiger partial charge < -0.3 is 9.26 Å². The lowest BCUT2D eigenvalue weighted by Gasteiger charge is -2.28. The van der Waals surface area contributed by atoms with Crippen molar-refractivity contribution in [2.75, 3.05) is 19.9 Å². The molecule has 1 aromatic carbocycles. The quantitative estimate of drug-likeness (QED) is 0.538. The Labute approximate surface area is 108 Å². The molecule has 0 aromatic heterocycles. The standard InChI is InChI=1S/C13H19O4P/c1-3-17-13(11-14,9-10-18(15)16-2)12-7-5-4-6-8-12/h4-8,11,18H,3,9-10H2,1-2H3. The van der Waals surface area contributed by atoms with Gasteiger partial charge in [0, 0.05) is 19.9 Å². The summed E-state index contributed by atoms with van der Waals surface area (Å²) in [4.78, 5) is 11.5. The van der Waals surface area contributed by atoms with Crippen LogP contribution in [0.2, 0.25) is 0 Å². The summed E-state index contributed by atoms with van der Waals surface area (Å²) in [5.74, 6) is 0. The van der Waals surface area contributed by atoms with E-state index in [4.69, 9.17) is 9.26 Å². The van der Waals surface area contributed by atoms with Crippen LogP contribution in [-0.4, -0.2) is 26.2 Å². The van der Waals surface area contributed by atoms with E-state index in [0.29, 0.717) is 19.2 Å². The molecule has 0 heterocycles. The molecule has 0 fully saturated rings. The van der Waals surface area contributed by atoms with Crippen molar-refractivity contribution in [3.05, 3.63) is 35.9 Å². The molecule has 0 aliphatic carbocycles. The lowest BCUT2D eigenvalue weighted by molar-refractivity contribution is -0.132. The van der Waals surface area contributed by atoms with Crippen LogP contribution in [0.1, 0.15) is 18.9 Å². The Hall–Kier alpha value is -0.960. The van der Waals surface area contributed by atoms with Gasteiger partial charge in [0.25, 0.3) is 0 Å². The maximum Gasteiger partial charge on any atom is 0.191 e. The lowest BCUT2D eigenvalue weighted by Crippen LogP contribution is -2.32. The van der Waals surface area contributed by atoms with Crippen LogP contribution in [0, 0.1) is 0 Å². The maximum atomic E-state index is 11.5. The molecular formula is C13H19O4P. The van der Waals surface area contributed by atoms with Crippen molar-refractivity contribution in [3.63, 3.8) is 0 Å². The Morgan fingerprint density at radius 2 is 2.00 bits per heavy atom. The van der Waals surface area contributed by atoms with Crippen LogP contribution in [0.15, 0.2) is 30.3 Å². The van der Waals surface area contributed by atoms with Crippen LogP contribution < -0.4 is 0 Å². The van der Waals surface area contributed by atoms with Gasteiger partial charge in [0.2, 0.25) is 0 Å². The largest absolute Gasteiger partial charge is 0.363 e. The fraction of sp³-hybridized carbons (Fsp3) is 0.462. The Balaban J connectivity index is 2.94. The van der Waals surface area contributed by atoms with E-state index in [1.165, 1.54) is 7.11 Å². The molecule has 2 unspecified atom stereocenters. The molecule has 0 bridgehead atoms. The van der Waals surface area contributed by atoms with E-state index < -0.39 is 13.6 Å². The van der Waals surface area contributed by atoms with Crippen molar-refractivity contribution in [2.24, 2.45) is 0 Å². The summed E-state index contributed by atoms with van der Waals surface area (Å²) >= 11 is 0. The second kappa shape index (κ2) is 7.47. The van der Waals surface area contributed by atoms with Gasteiger partial charge in [-0.15, -0.1) is 0 Å². The van der Waals surface area contributed by atoms with E-state index in [1.807, 2.05) is 37.3 Å². The fourth-order valence-corrected chi connectivity index (χ4v) is 2.61. The number of benzene rings is 1. The van der Waals surface area contributed by atoms with E-state index in [1.54, 1.807) is 0 Å². The number of aldehydes is 1. The molecule has 1 aromatic rings. The molecule has 4 nitrogen and oxygen atoms in total. The number of rotatable bonds is 8. The SMILES string of the molecule is CCOC(C=O)(CC[PH](=O)OC)c1ccccc1. The zero-order valence-electron chi connectivity index (χ0n) is 10.7. The zero-order chi connectivity index (χ0) is 13.4. The van der Waals surface area contributed by atoms with Crippen molar-refractivity contribution in [3.8, 4) is 0 Å². The predicted molar refractivity (Wildman–Crippen MR) is 71.3 cm³/mol. The lowest BCUT2D eigenvalue weighted by atomic mass is 9.92. The molecule has 0 saturated carbocycles. The van der Waals surface area contributed by atoms with Gasteiger partial charge in [0.05, 0.1) is 0 Å². The normalized spacial score (nSPS) is 15.9. The van der Waals surface area contributed by atoms with E-state index in [0.717, 1.165) is 11.8 Å². The second-order valence-electron chi connectivity index (χ2n) is 3.88. The minimum atomic E-state index is -2.09. The van der Waals surface area contributed by atoms with Crippen molar-refractivity contribution >= 4 is 14.3 Å².